The predicted octanol–water partition coefficient (Wildman–Crippen LogP) is 4.36. The Hall–Kier alpha value is -1.96. The van der Waals surface area contributed by atoms with E-state index >= 15 is 0 Å². The highest BCUT2D eigenvalue weighted by molar-refractivity contribution is 7.98. The van der Waals surface area contributed by atoms with Gasteiger partial charge < -0.3 is 15.4 Å². The van der Waals surface area contributed by atoms with Crippen molar-refractivity contribution in [3.8, 4) is 0 Å². The predicted molar refractivity (Wildman–Crippen MR) is 111 cm³/mol. The molecule has 144 valence electrons. The zero-order valence-electron chi connectivity index (χ0n) is 15.4. The molecule has 1 atom stereocenters. The van der Waals surface area contributed by atoms with Gasteiger partial charge in [0.1, 0.15) is 0 Å². The maximum absolute atomic E-state index is 11.9. The third-order valence-electron chi connectivity index (χ3n) is 4.41. The zero-order valence-corrected chi connectivity index (χ0v) is 16.9. The highest BCUT2D eigenvalue weighted by Gasteiger charge is 2.24. The van der Waals surface area contributed by atoms with Gasteiger partial charge in [-0.15, -0.1) is 11.8 Å². The van der Waals surface area contributed by atoms with E-state index in [9.17, 15) is 4.79 Å². The average Bonchev–Trinajstić information content (AvgIpc) is 3.05. The number of aldehydes is 1. The standard InChI is InChI=1S/C19H23ClN4O2S/c1-21-8-7-17-15(11-25)19(23-24(17)14-4-3-9-26-12-14)22-13-5-6-16(20)18(10-13)27-2/h5-8,10-11,14,21H,3-4,9,12H2,1-2H3,(H,22,23)/b8-7-. The summed E-state index contributed by atoms with van der Waals surface area (Å²) in [6, 6.07) is 5.77. The second-order valence-electron chi connectivity index (χ2n) is 6.18. The van der Waals surface area contributed by atoms with Gasteiger partial charge in [0.2, 0.25) is 0 Å². The molecule has 6 nitrogen and oxygen atoms in total. The van der Waals surface area contributed by atoms with Crippen LogP contribution in [-0.4, -0.2) is 42.6 Å². The van der Waals surface area contributed by atoms with Gasteiger partial charge in [-0.2, -0.15) is 5.10 Å². The van der Waals surface area contributed by atoms with E-state index in [2.05, 4.69) is 10.6 Å². The van der Waals surface area contributed by atoms with Crippen LogP contribution in [0.25, 0.3) is 6.08 Å². The minimum atomic E-state index is 0.108. The molecule has 8 heteroatoms. The molecule has 1 aliphatic rings. The summed E-state index contributed by atoms with van der Waals surface area (Å²) in [5.74, 6) is 0.528. The van der Waals surface area contributed by atoms with Gasteiger partial charge in [-0.3, -0.25) is 9.48 Å². The summed E-state index contributed by atoms with van der Waals surface area (Å²) in [5.41, 5.74) is 2.12. The van der Waals surface area contributed by atoms with Crippen LogP contribution in [0.15, 0.2) is 29.3 Å². The second-order valence-corrected chi connectivity index (χ2v) is 7.43. The molecule has 1 aromatic carbocycles. The Kier molecular flexibility index (Phi) is 6.82. The Balaban J connectivity index is 2.00. The Morgan fingerprint density at radius 3 is 2.96 bits per heavy atom. The molecule has 1 fully saturated rings. The second kappa shape index (κ2) is 9.30. The minimum Gasteiger partial charge on any atom is -0.394 e. The number of carbonyl (C=O) groups excluding carboxylic acids is 1. The zero-order chi connectivity index (χ0) is 19.2. The lowest BCUT2D eigenvalue weighted by Crippen LogP contribution is -2.23. The molecular formula is C19H23ClN4O2S. The third kappa shape index (κ3) is 4.48. The summed E-state index contributed by atoms with van der Waals surface area (Å²) in [5, 5.41) is 11.6. The van der Waals surface area contributed by atoms with Crippen molar-refractivity contribution in [2.45, 2.75) is 23.8 Å². The summed E-state index contributed by atoms with van der Waals surface area (Å²) in [4.78, 5) is 12.8. The number of aromatic nitrogens is 2. The van der Waals surface area contributed by atoms with Gasteiger partial charge in [-0.05, 0) is 49.6 Å². The number of nitrogens with one attached hydrogen (secondary N) is 2. The van der Waals surface area contributed by atoms with Crippen LogP contribution in [-0.2, 0) is 4.74 Å². The molecule has 2 heterocycles. The maximum atomic E-state index is 11.9. The number of nitrogens with zero attached hydrogens (tertiary/aromatic N) is 2. The van der Waals surface area contributed by atoms with E-state index in [0.29, 0.717) is 23.0 Å². The minimum absolute atomic E-state index is 0.108. The number of hydrogen-bond acceptors (Lipinski definition) is 6. The topological polar surface area (TPSA) is 68.2 Å². The molecule has 1 aromatic heterocycles. The number of rotatable bonds is 7. The van der Waals surface area contributed by atoms with Crippen molar-refractivity contribution in [2.24, 2.45) is 0 Å². The molecule has 0 bridgehead atoms. The molecule has 2 aromatic rings. The van der Waals surface area contributed by atoms with Crippen molar-refractivity contribution >= 4 is 47.2 Å². The number of hydrogen-bond donors (Lipinski definition) is 2. The van der Waals surface area contributed by atoms with Gasteiger partial charge in [0.25, 0.3) is 0 Å². The monoisotopic (exact) mass is 406 g/mol. The van der Waals surface area contributed by atoms with Crippen LogP contribution in [0.3, 0.4) is 0 Å². The molecule has 27 heavy (non-hydrogen) atoms. The van der Waals surface area contributed by atoms with Gasteiger partial charge >= 0.3 is 0 Å². The smallest absolute Gasteiger partial charge is 0.163 e. The fourth-order valence-electron chi connectivity index (χ4n) is 3.07. The summed E-state index contributed by atoms with van der Waals surface area (Å²) in [7, 11) is 1.82. The van der Waals surface area contributed by atoms with Crippen LogP contribution in [0.1, 0.15) is 34.9 Å². The number of halogens is 1. The fraction of sp³-hybridized carbons (Fsp3) is 0.368. The highest BCUT2D eigenvalue weighted by atomic mass is 35.5. The van der Waals surface area contributed by atoms with Crippen molar-refractivity contribution in [3.63, 3.8) is 0 Å². The van der Waals surface area contributed by atoms with E-state index < -0.39 is 0 Å². The molecule has 0 radical (unpaired) electrons. The molecule has 1 unspecified atom stereocenters. The quantitative estimate of drug-likeness (QED) is 0.526. The van der Waals surface area contributed by atoms with E-state index in [1.54, 1.807) is 18.0 Å². The number of carbonyl (C=O) groups is 1. The lowest BCUT2D eigenvalue weighted by molar-refractivity contribution is 0.0548. The molecule has 3 rings (SSSR count). The van der Waals surface area contributed by atoms with Crippen LogP contribution >= 0.6 is 23.4 Å². The molecule has 0 aliphatic carbocycles. The van der Waals surface area contributed by atoms with Crippen molar-refractivity contribution in [2.75, 3.05) is 31.8 Å². The van der Waals surface area contributed by atoms with Crippen LogP contribution in [0, 0.1) is 0 Å². The molecule has 0 spiro atoms. The van der Waals surface area contributed by atoms with Crippen LogP contribution in [0.2, 0.25) is 5.02 Å². The van der Waals surface area contributed by atoms with E-state index in [1.165, 1.54) is 0 Å². The summed E-state index contributed by atoms with van der Waals surface area (Å²) < 4.78 is 7.51. The molecule has 0 amide bonds. The summed E-state index contributed by atoms with van der Waals surface area (Å²) in [6.07, 6.45) is 8.43. The number of thioether (sulfide) groups is 1. The highest BCUT2D eigenvalue weighted by Crippen LogP contribution is 2.32. The Morgan fingerprint density at radius 2 is 2.30 bits per heavy atom. The summed E-state index contributed by atoms with van der Waals surface area (Å²) in [6.45, 7) is 1.37. The van der Waals surface area contributed by atoms with Crippen molar-refractivity contribution in [1.29, 1.82) is 0 Å². The SMILES string of the molecule is CN/C=C\c1c(C=O)c(Nc2ccc(Cl)c(SC)c2)nn1C1CCCOC1. The van der Waals surface area contributed by atoms with Crippen LogP contribution < -0.4 is 10.6 Å². The fourth-order valence-corrected chi connectivity index (χ4v) is 3.92. The van der Waals surface area contributed by atoms with E-state index in [1.807, 2.05) is 42.3 Å². The molecule has 1 saturated heterocycles. The first-order valence-electron chi connectivity index (χ1n) is 8.77. The van der Waals surface area contributed by atoms with Crippen molar-refractivity contribution in [3.05, 3.63) is 40.7 Å². The van der Waals surface area contributed by atoms with Crippen molar-refractivity contribution < 1.29 is 9.53 Å². The third-order valence-corrected chi connectivity index (χ3v) is 5.63. The molecule has 0 saturated carbocycles. The lowest BCUT2D eigenvalue weighted by Gasteiger charge is -2.23. The van der Waals surface area contributed by atoms with Gasteiger partial charge in [-0.1, -0.05) is 11.6 Å². The van der Waals surface area contributed by atoms with Gasteiger partial charge in [0.15, 0.2) is 12.1 Å². The van der Waals surface area contributed by atoms with Crippen LogP contribution in [0.4, 0.5) is 11.5 Å². The molecular weight excluding hydrogens is 384 g/mol. The van der Waals surface area contributed by atoms with Gasteiger partial charge in [-0.25, -0.2) is 0 Å². The van der Waals surface area contributed by atoms with Gasteiger partial charge in [0.05, 0.1) is 28.9 Å². The average molecular weight is 407 g/mol. The number of anilines is 2. The number of benzene rings is 1. The summed E-state index contributed by atoms with van der Waals surface area (Å²) >= 11 is 7.76. The maximum Gasteiger partial charge on any atom is 0.163 e. The largest absolute Gasteiger partial charge is 0.394 e. The number of ether oxygens (including phenoxy) is 1. The molecule has 1 aliphatic heterocycles. The van der Waals surface area contributed by atoms with E-state index in [0.717, 1.165) is 42.0 Å². The van der Waals surface area contributed by atoms with E-state index in [4.69, 9.17) is 21.4 Å². The first kappa shape index (κ1) is 19.8. The van der Waals surface area contributed by atoms with Crippen molar-refractivity contribution in [1.82, 2.24) is 15.1 Å². The van der Waals surface area contributed by atoms with E-state index in [-0.39, 0.29) is 6.04 Å². The Bertz CT molecular complexity index is 831. The lowest BCUT2D eigenvalue weighted by atomic mass is 10.1. The normalized spacial score (nSPS) is 17.2. The van der Waals surface area contributed by atoms with Crippen LogP contribution in [0.5, 0.6) is 0 Å². The molecule has 2 N–H and O–H groups in total. The van der Waals surface area contributed by atoms with Gasteiger partial charge in [0, 0.05) is 24.2 Å². The Morgan fingerprint density at radius 1 is 1.44 bits per heavy atom. The Labute approximate surface area is 168 Å². The first-order chi connectivity index (χ1) is 13.2. The first-order valence-corrected chi connectivity index (χ1v) is 10.4.